The van der Waals surface area contributed by atoms with Crippen molar-refractivity contribution in [2.24, 2.45) is 5.92 Å². The molecule has 1 rings (SSSR count). The molecule has 0 saturated heterocycles. The fourth-order valence-corrected chi connectivity index (χ4v) is 1.67. The van der Waals surface area contributed by atoms with Crippen molar-refractivity contribution in [1.29, 1.82) is 0 Å². The monoisotopic (exact) mass is 138 g/mol. The predicted molar refractivity (Wildman–Crippen MR) is 41.5 cm³/mol. The van der Waals surface area contributed by atoms with Crippen LogP contribution in [0.4, 0.5) is 0 Å². The second kappa shape index (κ2) is 3.58. The minimum absolute atomic E-state index is 0.561. The highest BCUT2D eigenvalue weighted by atomic mass is 16.1. The normalized spacial score (nSPS) is 26.1. The van der Waals surface area contributed by atoms with Crippen LogP contribution in [0.25, 0.3) is 0 Å². The van der Waals surface area contributed by atoms with Crippen molar-refractivity contribution in [3.05, 3.63) is 5.57 Å². The third kappa shape index (κ3) is 1.48. The quantitative estimate of drug-likeness (QED) is 0.508. The van der Waals surface area contributed by atoms with Crippen LogP contribution in [0.2, 0.25) is 0 Å². The van der Waals surface area contributed by atoms with Crippen LogP contribution in [0, 0.1) is 5.92 Å². The molecule has 1 aliphatic carbocycles. The van der Waals surface area contributed by atoms with Crippen LogP contribution in [0.1, 0.15) is 39.0 Å². The first-order chi connectivity index (χ1) is 4.88. The van der Waals surface area contributed by atoms with Gasteiger partial charge < -0.3 is 0 Å². The molecule has 1 fully saturated rings. The van der Waals surface area contributed by atoms with Gasteiger partial charge in [-0.15, -0.1) is 0 Å². The number of hydrogen-bond donors (Lipinski definition) is 0. The Morgan fingerprint density at radius 2 is 2.40 bits per heavy atom. The van der Waals surface area contributed by atoms with Gasteiger partial charge >= 0.3 is 0 Å². The van der Waals surface area contributed by atoms with E-state index in [1.807, 2.05) is 0 Å². The molecule has 0 aromatic rings. The van der Waals surface area contributed by atoms with Crippen LogP contribution in [0.15, 0.2) is 5.57 Å². The Kier molecular flexibility index (Phi) is 2.70. The molecule has 0 spiro atoms. The SMILES string of the molecule is CCC1CCCCC1=C=O. The van der Waals surface area contributed by atoms with Crippen LogP contribution in [-0.2, 0) is 4.79 Å². The lowest BCUT2D eigenvalue weighted by Crippen LogP contribution is -2.09. The van der Waals surface area contributed by atoms with Gasteiger partial charge in [-0.1, -0.05) is 13.3 Å². The highest BCUT2D eigenvalue weighted by molar-refractivity contribution is 5.53. The van der Waals surface area contributed by atoms with Crippen molar-refractivity contribution in [3.8, 4) is 0 Å². The Hall–Kier alpha value is -0.550. The van der Waals surface area contributed by atoms with E-state index in [0.29, 0.717) is 5.92 Å². The lowest BCUT2D eigenvalue weighted by atomic mass is 9.84. The largest absolute Gasteiger partial charge is 0.234 e. The molecule has 1 unspecified atom stereocenters. The summed E-state index contributed by atoms with van der Waals surface area (Å²) in [4.78, 5) is 10.4. The lowest BCUT2D eigenvalue weighted by molar-refractivity contribution is 0.441. The van der Waals surface area contributed by atoms with E-state index >= 15 is 0 Å². The molecule has 1 aliphatic rings. The van der Waals surface area contributed by atoms with Crippen molar-refractivity contribution < 1.29 is 4.79 Å². The fraction of sp³-hybridized carbons (Fsp3) is 0.778. The van der Waals surface area contributed by atoms with Gasteiger partial charge in [0.05, 0.1) is 0 Å². The summed E-state index contributed by atoms with van der Waals surface area (Å²) in [7, 11) is 0. The predicted octanol–water partition coefficient (Wildman–Crippen LogP) is 2.34. The van der Waals surface area contributed by atoms with Crippen molar-refractivity contribution in [2.75, 3.05) is 0 Å². The minimum Gasteiger partial charge on any atom is -0.234 e. The van der Waals surface area contributed by atoms with Crippen LogP contribution < -0.4 is 0 Å². The van der Waals surface area contributed by atoms with Crippen LogP contribution in [0.5, 0.6) is 0 Å². The van der Waals surface area contributed by atoms with Gasteiger partial charge in [0.1, 0.15) is 5.94 Å². The van der Waals surface area contributed by atoms with Crippen molar-refractivity contribution >= 4 is 5.94 Å². The van der Waals surface area contributed by atoms with E-state index in [4.69, 9.17) is 0 Å². The molecule has 0 aromatic heterocycles. The summed E-state index contributed by atoms with van der Waals surface area (Å²) in [5.74, 6) is 2.63. The first-order valence-corrected chi connectivity index (χ1v) is 4.12. The highest BCUT2D eigenvalue weighted by Crippen LogP contribution is 2.29. The third-order valence-corrected chi connectivity index (χ3v) is 2.37. The summed E-state index contributed by atoms with van der Waals surface area (Å²) >= 11 is 0. The highest BCUT2D eigenvalue weighted by Gasteiger charge is 2.17. The van der Waals surface area contributed by atoms with Gasteiger partial charge in [0.15, 0.2) is 0 Å². The maximum atomic E-state index is 10.4. The fourth-order valence-electron chi connectivity index (χ4n) is 1.67. The summed E-state index contributed by atoms with van der Waals surface area (Å²) in [6, 6.07) is 0. The van der Waals surface area contributed by atoms with Crippen molar-refractivity contribution in [2.45, 2.75) is 39.0 Å². The lowest BCUT2D eigenvalue weighted by Gasteiger charge is -2.20. The molecule has 1 nitrogen and oxygen atoms in total. The summed E-state index contributed by atoms with van der Waals surface area (Å²) in [6.07, 6.45) is 5.82. The summed E-state index contributed by atoms with van der Waals surface area (Å²) in [6.45, 7) is 2.15. The minimum atomic E-state index is 0.561. The number of rotatable bonds is 1. The second-order valence-corrected chi connectivity index (χ2v) is 2.98. The molecule has 0 amide bonds. The van der Waals surface area contributed by atoms with Gasteiger partial charge in [-0.3, -0.25) is 0 Å². The molecule has 10 heavy (non-hydrogen) atoms. The molecule has 0 bridgehead atoms. The molecule has 0 aromatic carbocycles. The van der Waals surface area contributed by atoms with Gasteiger partial charge in [0.2, 0.25) is 0 Å². The number of hydrogen-bond acceptors (Lipinski definition) is 1. The van der Waals surface area contributed by atoms with Gasteiger partial charge in [0, 0.05) is 5.57 Å². The topological polar surface area (TPSA) is 17.1 Å². The maximum Gasteiger partial charge on any atom is 0.123 e. The Morgan fingerprint density at radius 3 is 2.90 bits per heavy atom. The van der Waals surface area contributed by atoms with E-state index in [1.54, 1.807) is 0 Å². The average molecular weight is 138 g/mol. The van der Waals surface area contributed by atoms with Crippen LogP contribution in [0.3, 0.4) is 0 Å². The molecule has 56 valence electrons. The molecular weight excluding hydrogens is 124 g/mol. The first-order valence-electron chi connectivity index (χ1n) is 4.12. The van der Waals surface area contributed by atoms with E-state index < -0.39 is 0 Å². The summed E-state index contributed by atoms with van der Waals surface area (Å²) in [5.41, 5.74) is 1.04. The summed E-state index contributed by atoms with van der Waals surface area (Å²) < 4.78 is 0. The van der Waals surface area contributed by atoms with Gasteiger partial charge in [-0.2, -0.15) is 0 Å². The standard InChI is InChI=1S/C9H14O/c1-2-8-5-3-4-6-9(8)7-10/h8H,2-6H2,1H3. The number of allylic oxidation sites excluding steroid dienone is 1. The first kappa shape index (κ1) is 7.56. The van der Waals surface area contributed by atoms with Crippen molar-refractivity contribution in [1.82, 2.24) is 0 Å². The van der Waals surface area contributed by atoms with Crippen LogP contribution >= 0.6 is 0 Å². The zero-order chi connectivity index (χ0) is 7.40. The van der Waals surface area contributed by atoms with Gasteiger partial charge in [-0.25, -0.2) is 4.79 Å². The molecule has 0 N–H and O–H groups in total. The maximum absolute atomic E-state index is 10.4. The molecule has 1 atom stereocenters. The van der Waals surface area contributed by atoms with E-state index in [9.17, 15) is 4.79 Å². The van der Waals surface area contributed by atoms with E-state index in [1.165, 1.54) is 19.3 Å². The van der Waals surface area contributed by atoms with E-state index in [-0.39, 0.29) is 0 Å². The number of carbonyl (C=O) groups excluding carboxylic acids is 1. The average Bonchev–Trinajstić information content (AvgIpc) is 2.04. The molecule has 1 heteroatoms. The zero-order valence-corrected chi connectivity index (χ0v) is 6.52. The second-order valence-electron chi connectivity index (χ2n) is 2.98. The Morgan fingerprint density at radius 1 is 1.60 bits per heavy atom. The van der Waals surface area contributed by atoms with Gasteiger partial charge in [0.25, 0.3) is 0 Å². The molecule has 1 saturated carbocycles. The van der Waals surface area contributed by atoms with Gasteiger partial charge in [-0.05, 0) is 31.6 Å². The zero-order valence-electron chi connectivity index (χ0n) is 6.52. The third-order valence-electron chi connectivity index (χ3n) is 2.37. The molecule has 0 aliphatic heterocycles. The molecule has 0 heterocycles. The van der Waals surface area contributed by atoms with E-state index in [0.717, 1.165) is 18.4 Å². The smallest absolute Gasteiger partial charge is 0.123 e. The Labute approximate surface area is 62.1 Å². The Balaban J connectivity index is 2.59. The van der Waals surface area contributed by atoms with Crippen LogP contribution in [-0.4, -0.2) is 5.94 Å². The Bertz CT molecular complexity index is 154. The molecular formula is C9H14O. The summed E-state index contributed by atoms with van der Waals surface area (Å²) in [5, 5.41) is 0. The molecule has 0 radical (unpaired) electrons. The van der Waals surface area contributed by atoms with E-state index in [2.05, 4.69) is 12.9 Å². The van der Waals surface area contributed by atoms with Crippen molar-refractivity contribution in [3.63, 3.8) is 0 Å².